The first kappa shape index (κ1) is 20.3. The van der Waals surface area contributed by atoms with Gasteiger partial charge in [-0.1, -0.05) is 35.9 Å². The molecule has 1 amide bonds. The molecule has 2 heterocycles. The molecule has 0 bridgehead atoms. The lowest BCUT2D eigenvalue weighted by Gasteiger charge is -2.26. The number of amides is 1. The van der Waals surface area contributed by atoms with E-state index in [2.05, 4.69) is 5.32 Å². The third-order valence-electron chi connectivity index (χ3n) is 4.78. The Bertz CT molecular complexity index is 1180. The molecule has 29 heavy (non-hydrogen) atoms. The van der Waals surface area contributed by atoms with Gasteiger partial charge in [0.05, 0.1) is 23.1 Å². The number of ether oxygens (including phenoxy) is 1. The Hall–Kier alpha value is -1.97. The van der Waals surface area contributed by atoms with Crippen LogP contribution in [0.1, 0.15) is 15.2 Å². The highest BCUT2D eigenvalue weighted by molar-refractivity contribution is 7.89. The number of carbonyl (C=O) groups is 1. The van der Waals surface area contributed by atoms with Gasteiger partial charge in [0.25, 0.3) is 5.91 Å². The molecule has 9 heteroatoms. The number of thiophene rings is 1. The Balaban J connectivity index is 1.63. The highest BCUT2D eigenvalue weighted by Gasteiger charge is 2.28. The molecule has 1 saturated heterocycles. The van der Waals surface area contributed by atoms with Crippen molar-refractivity contribution in [2.24, 2.45) is 0 Å². The first-order chi connectivity index (χ1) is 13.9. The third kappa shape index (κ3) is 3.91. The van der Waals surface area contributed by atoms with Crippen LogP contribution in [0.4, 0.5) is 5.69 Å². The summed E-state index contributed by atoms with van der Waals surface area (Å²) in [6, 6.07) is 12.4. The van der Waals surface area contributed by atoms with Crippen molar-refractivity contribution >= 4 is 54.6 Å². The molecule has 1 aliphatic heterocycles. The molecule has 0 saturated carbocycles. The Labute approximate surface area is 178 Å². The van der Waals surface area contributed by atoms with Crippen molar-refractivity contribution < 1.29 is 17.9 Å². The smallest absolute Gasteiger partial charge is 0.267 e. The van der Waals surface area contributed by atoms with Gasteiger partial charge in [0.1, 0.15) is 4.88 Å². The van der Waals surface area contributed by atoms with Crippen LogP contribution < -0.4 is 5.32 Å². The lowest BCUT2D eigenvalue weighted by atomic mass is 10.2. The van der Waals surface area contributed by atoms with Gasteiger partial charge in [0, 0.05) is 28.9 Å². The van der Waals surface area contributed by atoms with Crippen LogP contribution in [-0.2, 0) is 14.8 Å². The molecule has 1 aliphatic rings. The number of aryl methyl sites for hydroxylation is 1. The van der Waals surface area contributed by atoms with E-state index >= 15 is 0 Å². The van der Waals surface area contributed by atoms with Gasteiger partial charge in [-0.25, -0.2) is 8.42 Å². The third-order valence-corrected chi connectivity index (χ3v) is 8.49. The topological polar surface area (TPSA) is 75.7 Å². The summed E-state index contributed by atoms with van der Waals surface area (Å²) in [5.74, 6) is -0.366. The average molecular weight is 451 g/mol. The second-order valence-electron chi connectivity index (χ2n) is 6.69. The molecule has 3 aromatic rings. The van der Waals surface area contributed by atoms with Crippen molar-refractivity contribution in [2.75, 3.05) is 31.6 Å². The normalized spacial score (nSPS) is 15.5. The minimum absolute atomic E-state index is 0.180. The van der Waals surface area contributed by atoms with Crippen molar-refractivity contribution in [1.29, 1.82) is 0 Å². The van der Waals surface area contributed by atoms with Crippen molar-refractivity contribution in [3.8, 4) is 0 Å². The first-order valence-corrected chi connectivity index (χ1v) is 11.7. The fraction of sp³-hybridized carbons (Fsp3) is 0.250. The Morgan fingerprint density at radius 1 is 1.17 bits per heavy atom. The molecule has 0 radical (unpaired) electrons. The number of halogens is 1. The quantitative estimate of drug-likeness (QED) is 0.648. The lowest BCUT2D eigenvalue weighted by Crippen LogP contribution is -2.40. The maximum Gasteiger partial charge on any atom is 0.267 e. The van der Waals surface area contributed by atoms with Gasteiger partial charge in [-0.2, -0.15) is 4.31 Å². The number of sulfonamides is 1. The lowest BCUT2D eigenvalue weighted by molar-refractivity contribution is 0.0730. The number of rotatable bonds is 4. The summed E-state index contributed by atoms with van der Waals surface area (Å²) in [6.07, 6.45) is 0. The molecule has 0 unspecified atom stereocenters. The van der Waals surface area contributed by atoms with Crippen LogP contribution >= 0.6 is 22.9 Å². The van der Waals surface area contributed by atoms with Crippen LogP contribution in [-0.4, -0.2) is 44.9 Å². The summed E-state index contributed by atoms with van der Waals surface area (Å²) in [5.41, 5.74) is 1.02. The number of anilines is 1. The van der Waals surface area contributed by atoms with Gasteiger partial charge in [-0.05, 0) is 30.7 Å². The van der Waals surface area contributed by atoms with E-state index in [0.29, 0.717) is 47.5 Å². The summed E-state index contributed by atoms with van der Waals surface area (Å²) >= 11 is 7.69. The fourth-order valence-corrected chi connectivity index (χ4v) is 6.30. The van der Waals surface area contributed by atoms with E-state index in [-0.39, 0.29) is 10.8 Å². The van der Waals surface area contributed by atoms with Crippen molar-refractivity contribution in [2.45, 2.75) is 11.8 Å². The highest BCUT2D eigenvalue weighted by Crippen LogP contribution is 2.35. The summed E-state index contributed by atoms with van der Waals surface area (Å²) in [5, 5.41) is 4.00. The fourth-order valence-electron chi connectivity index (χ4n) is 3.23. The zero-order chi connectivity index (χ0) is 20.6. The number of benzene rings is 2. The second-order valence-corrected chi connectivity index (χ2v) is 10.0. The van der Waals surface area contributed by atoms with E-state index < -0.39 is 10.0 Å². The molecule has 152 valence electrons. The van der Waals surface area contributed by atoms with Gasteiger partial charge in [0.15, 0.2) is 0 Å². The SMILES string of the molecule is Cc1ccc(NC(=O)c2sc3ccccc3c2Cl)cc1S(=O)(=O)N1CCOCC1. The first-order valence-electron chi connectivity index (χ1n) is 9.05. The molecule has 2 aromatic carbocycles. The molecule has 6 nitrogen and oxygen atoms in total. The van der Waals surface area contributed by atoms with Crippen LogP contribution in [0.3, 0.4) is 0 Å². The Morgan fingerprint density at radius 3 is 2.62 bits per heavy atom. The van der Waals surface area contributed by atoms with E-state index in [1.54, 1.807) is 19.1 Å². The summed E-state index contributed by atoms with van der Waals surface area (Å²) < 4.78 is 33.6. The van der Waals surface area contributed by atoms with Crippen molar-refractivity contribution in [3.05, 3.63) is 57.9 Å². The summed E-state index contributed by atoms with van der Waals surface area (Å²) in [6.45, 7) is 3.12. The van der Waals surface area contributed by atoms with E-state index in [9.17, 15) is 13.2 Å². The monoisotopic (exact) mass is 450 g/mol. The van der Waals surface area contributed by atoms with Gasteiger partial charge in [-0.15, -0.1) is 11.3 Å². The number of hydrogen-bond acceptors (Lipinski definition) is 5. The minimum atomic E-state index is -3.67. The summed E-state index contributed by atoms with van der Waals surface area (Å²) in [4.78, 5) is 13.4. The molecule has 1 fully saturated rings. The van der Waals surface area contributed by atoms with Crippen LogP contribution in [0.5, 0.6) is 0 Å². The van der Waals surface area contributed by atoms with E-state index in [1.807, 2.05) is 24.3 Å². The largest absolute Gasteiger partial charge is 0.379 e. The number of hydrogen-bond donors (Lipinski definition) is 1. The number of fused-ring (bicyclic) bond motifs is 1. The molecule has 4 rings (SSSR count). The van der Waals surface area contributed by atoms with Gasteiger partial charge in [0.2, 0.25) is 10.0 Å². The molecule has 0 atom stereocenters. The standard InChI is InChI=1S/C20H19ClN2O4S2/c1-13-6-7-14(12-17(13)29(25,26)23-8-10-27-11-9-23)22-20(24)19-18(21)15-4-2-3-5-16(15)28-19/h2-7,12H,8-11H2,1H3,(H,22,24). The van der Waals surface area contributed by atoms with Gasteiger partial charge in [-0.3, -0.25) is 4.79 Å². The minimum Gasteiger partial charge on any atom is -0.379 e. The number of nitrogens with zero attached hydrogens (tertiary/aromatic N) is 1. The zero-order valence-electron chi connectivity index (χ0n) is 15.6. The maximum atomic E-state index is 13.0. The van der Waals surface area contributed by atoms with Crippen molar-refractivity contribution in [1.82, 2.24) is 4.31 Å². The molecular formula is C20H19ClN2O4S2. The average Bonchev–Trinajstić information content (AvgIpc) is 3.07. The van der Waals surface area contributed by atoms with Crippen molar-refractivity contribution in [3.63, 3.8) is 0 Å². The Morgan fingerprint density at radius 2 is 1.90 bits per heavy atom. The number of carbonyl (C=O) groups excluding carboxylic acids is 1. The number of nitrogens with one attached hydrogen (secondary N) is 1. The van der Waals surface area contributed by atoms with Crippen LogP contribution in [0.2, 0.25) is 5.02 Å². The van der Waals surface area contributed by atoms with Gasteiger partial charge < -0.3 is 10.1 Å². The molecular weight excluding hydrogens is 432 g/mol. The molecule has 1 aromatic heterocycles. The van der Waals surface area contributed by atoms with Crippen LogP contribution in [0.15, 0.2) is 47.4 Å². The van der Waals surface area contributed by atoms with Crippen LogP contribution in [0.25, 0.3) is 10.1 Å². The number of morpholine rings is 1. The molecule has 1 N–H and O–H groups in total. The molecule has 0 aliphatic carbocycles. The Kier molecular flexibility index (Phi) is 5.63. The second kappa shape index (κ2) is 8.04. The predicted molar refractivity (Wildman–Crippen MR) is 116 cm³/mol. The van der Waals surface area contributed by atoms with E-state index in [4.69, 9.17) is 16.3 Å². The zero-order valence-corrected chi connectivity index (χ0v) is 18.0. The van der Waals surface area contributed by atoms with E-state index in [0.717, 1.165) is 10.1 Å². The predicted octanol–water partition coefficient (Wildman–Crippen LogP) is 4.14. The van der Waals surface area contributed by atoms with Gasteiger partial charge >= 0.3 is 0 Å². The highest BCUT2D eigenvalue weighted by atomic mass is 35.5. The molecule has 0 spiro atoms. The summed E-state index contributed by atoms with van der Waals surface area (Å²) in [7, 11) is -3.67. The van der Waals surface area contributed by atoms with E-state index in [1.165, 1.54) is 21.7 Å². The maximum absolute atomic E-state index is 13.0. The van der Waals surface area contributed by atoms with Crippen LogP contribution in [0, 0.1) is 6.92 Å².